The fourth-order valence-electron chi connectivity index (χ4n) is 3.33. The molecule has 0 saturated heterocycles. The van der Waals surface area contributed by atoms with Crippen molar-refractivity contribution in [2.45, 2.75) is 31.6 Å². The van der Waals surface area contributed by atoms with Gasteiger partial charge in [0.15, 0.2) is 17.2 Å². The zero-order chi connectivity index (χ0) is 22.4. The van der Waals surface area contributed by atoms with E-state index in [-0.39, 0.29) is 28.7 Å². The van der Waals surface area contributed by atoms with Crippen LogP contribution >= 0.6 is 11.8 Å². The highest BCUT2D eigenvalue weighted by Crippen LogP contribution is 2.41. The van der Waals surface area contributed by atoms with Gasteiger partial charge in [0.2, 0.25) is 5.91 Å². The standard InChI is InChI=1S/C22H26N2O6S/c1-22(2)12-16-5-4-6-19(21(16)30-22)29-10-9-23-20(25)14-31-13-15-7-8-18(28-3)17(11-15)24(26)27/h4-8,11H,9-10,12-14H2,1-3H3,(H,23,25). The van der Waals surface area contributed by atoms with E-state index < -0.39 is 4.92 Å². The van der Waals surface area contributed by atoms with Gasteiger partial charge in [-0.1, -0.05) is 18.2 Å². The van der Waals surface area contributed by atoms with E-state index >= 15 is 0 Å². The molecule has 0 aliphatic carbocycles. The maximum atomic E-state index is 12.1. The Bertz CT molecular complexity index is 963. The van der Waals surface area contributed by atoms with E-state index in [9.17, 15) is 14.9 Å². The molecular formula is C22H26N2O6S. The number of rotatable bonds is 10. The van der Waals surface area contributed by atoms with Crippen molar-refractivity contribution in [3.63, 3.8) is 0 Å². The van der Waals surface area contributed by atoms with Crippen molar-refractivity contribution >= 4 is 23.4 Å². The first-order valence-corrected chi connectivity index (χ1v) is 11.0. The van der Waals surface area contributed by atoms with Gasteiger partial charge in [-0.15, -0.1) is 11.8 Å². The number of carbonyl (C=O) groups excluding carboxylic acids is 1. The van der Waals surface area contributed by atoms with Crippen LogP contribution in [0.2, 0.25) is 0 Å². The maximum absolute atomic E-state index is 12.1. The number of methoxy groups -OCH3 is 1. The normalized spacial score (nSPS) is 13.8. The number of nitrogens with zero attached hydrogens (tertiary/aromatic N) is 1. The Morgan fingerprint density at radius 2 is 2.10 bits per heavy atom. The van der Waals surface area contributed by atoms with Crippen molar-refractivity contribution in [3.05, 3.63) is 57.6 Å². The Hall–Kier alpha value is -2.94. The number of hydrogen-bond acceptors (Lipinski definition) is 7. The summed E-state index contributed by atoms with van der Waals surface area (Å²) in [7, 11) is 1.39. The molecule has 1 aliphatic rings. The largest absolute Gasteiger partial charge is 0.490 e. The highest BCUT2D eigenvalue weighted by atomic mass is 32.2. The molecule has 0 spiro atoms. The molecule has 166 valence electrons. The van der Waals surface area contributed by atoms with Crippen LogP contribution in [0.15, 0.2) is 36.4 Å². The maximum Gasteiger partial charge on any atom is 0.311 e. The molecule has 2 aromatic rings. The summed E-state index contributed by atoms with van der Waals surface area (Å²) < 4.78 is 16.8. The lowest BCUT2D eigenvalue weighted by Gasteiger charge is -2.18. The first kappa shape index (κ1) is 22.7. The Balaban J connectivity index is 1.39. The number of para-hydroxylation sites is 1. The Labute approximate surface area is 185 Å². The molecule has 1 aliphatic heterocycles. The SMILES string of the molecule is COc1ccc(CSCC(=O)NCCOc2cccc3c2OC(C)(C)C3)cc1[N+](=O)[O-]. The van der Waals surface area contributed by atoms with E-state index in [1.165, 1.54) is 24.9 Å². The lowest BCUT2D eigenvalue weighted by molar-refractivity contribution is -0.385. The summed E-state index contributed by atoms with van der Waals surface area (Å²) >= 11 is 1.38. The lowest BCUT2D eigenvalue weighted by atomic mass is 10.0. The van der Waals surface area contributed by atoms with Crippen LogP contribution < -0.4 is 19.5 Å². The molecule has 3 rings (SSSR count). The van der Waals surface area contributed by atoms with Crippen LogP contribution in [0.3, 0.4) is 0 Å². The molecule has 1 amide bonds. The van der Waals surface area contributed by atoms with E-state index in [1.807, 2.05) is 32.0 Å². The fraction of sp³-hybridized carbons (Fsp3) is 0.409. The van der Waals surface area contributed by atoms with Crippen LogP contribution in [-0.2, 0) is 17.0 Å². The number of nitro groups is 1. The second-order valence-corrected chi connectivity index (χ2v) is 8.72. The van der Waals surface area contributed by atoms with Crippen molar-refractivity contribution < 1.29 is 23.9 Å². The van der Waals surface area contributed by atoms with Gasteiger partial charge >= 0.3 is 5.69 Å². The van der Waals surface area contributed by atoms with Crippen LogP contribution in [-0.4, -0.2) is 42.4 Å². The average molecular weight is 447 g/mol. The van der Waals surface area contributed by atoms with Gasteiger partial charge in [-0.3, -0.25) is 14.9 Å². The van der Waals surface area contributed by atoms with Gasteiger partial charge in [0.25, 0.3) is 0 Å². The summed E-state index contributed by atoms with van der Waals surface area (Å²) in [4.78, 5) is 22.7. The quantitative estimate of drug-likeness (QED) is 0.337. The molecule has 0 fully saturated rings. The predicted octanol–water partition coefficient (Wildman–Crippen LogP) is 3.75. The molecule has 2 aromatic carbocycles. The van der Waals surface area contributed by atoms with Gasteiger partial charge < -0.3 is 19.5 Å². The number of thioether (sulfide) groups is 1. The number of benzene rings is 2. The van der Waals surface area contributed by atoms with Gasteiger partial charge in [-0.05, 0) is 31.5 Å². The number of fused-ring (bicyclic) bond motifs is 1. The van der Waals surface area contributed by atoms with Crippen molar-refractivity contribution in [1.82, 2.24) is 5.32 Å². The monoisotopic (exact) mass is 446 g/mol. The summed E-state index contributed by atoms with van der Waals surface area (Å²) in [5.41, 5.74) is 1.57. The van der Waals surface area contributed by atoms with Crippen molar-refractivity contribution in [2.75, 3.05) is 26.0 Å². The third-order valence-electron chi connectivity index (χ3n) is 4.68. The molecule has 0 saturated carbocycles. The molecule has 0 aromatic heterocycles. The summed E-state index contributed by atoms with van der Waals surface area (Å²) in [6.07, 6.45) is 0.838. The summed E-state index contributed by atoms with van der Waals surface area (Å²) in [5, 5.41) is 13.9. The second kappa shape index (κ2) is 9.91. The molecule has 31 heavy (non-hydrogen) atoms. The minimum absolute atomic E-state index is 0.0815. The minimum atomic E-state index is -0.478. The number of ether oxygens (including phenoxy) is 3. The number of hydrogen-bond donors (Lipinski definition) is 1. The molecule has 0 unspecified atom stereocenters. The number of nitro benzene ring substituents is 1. The Morgan fingerprint density at radius 3 is 2.84 bits per heavy atom. The van der Waals surface area contributed by atoms with E-state index in [2.05, 4.69) is 5.32 Å². The summed E-state index contributed by atoms with van der Waals surface area (Å²) in [6, 6.07) is 10.6. The second-order valence-electron chi connectivity index (χ2n) is 7.74. The predicted molar refractivity (Wildman–Crippen MR) is 119 cm³/mol. The molecule has 0 radical (unpaired) electrons. The van der Waals surface area contributed by atoms with Crippen LogP contribution in [0, 0.1) is 10.1 Å². The highest BCUT2D eigenvalue weighted by molar-refractivity contribution is 7.99. The lowest BCUT2D eigenvalue weighted by Crippen LogP contribution is -2.29. The van der Waals surface area contributed by atoms with E-state index in [1.54, 1.807) is 12.1 Å². The molecule has 1 heterocycles. The number of amides is 1. The van der Waals surface area contributed by atoms with Crippen molar-refractivity contribution in [3.8, 4) is 17.2 Å². The van der Waals surface area contributed by atoms with Crippen LogP contribution in [0.5, 0.6) is 17.2 Å². The molecule has 0 bridgehead atoms. The number of nitrogens with one attached hydrogen (secondary N) is 1. The molecule has 1 N–H and O–H groups in total. The zero-order valence-electron chi connectivity index (χ0n) is 17.8. The molecular weight excluding hydrogens is 420 g/mol. The van der Waals surface area contributed by atoms with Gasteiger partial charge in [0.05, 0.1) is 24.3 Å². The number of carbonyl (C=O) groups is 1. The summed E-state index contributed by atoms with van der Waals surface area (Å²) in [5.74, 6) is 2.30. The van der Waals surface area contributed by atoms with Gasteiger partial charge in [0.1, 0.15) is 12.2 Å². The Morgan fingerprint density at radius 1 is 1.29 bits per heavy atom. The van der Waals surface area contributed by atoms with Crippen LogP contribution in [0.1, 0.15) is 25.0 Å². The first-order chi connectivity index (χ1) is 14.8. The minimum Gasteiger partial charge on any atom is -0.490 e. The van der Waals surface area contributed by atoms with Gasteiger partial charge in [-0.2, -0.15) is 0 Å². The van der Waals surface area contributed by atoms with Gasteiger partial charge in [-0.25, -0.2) is 0 Å². The van der Waals surface area contributed by atoms with Crippen molar-refractivity contribution in [2.24, 2.45) is 0 Å². The fourth-order valence-corrected chi connectivity index (χ4v) is 4.14. The highest BCUT2D eigenvalue weighted by Gasteiger charge is 2.32. The zero-order valence-corrected chi connectivity index (χ0v) is 18.6. The topological polar surface area (TPSA) is 99.9 Å². The average Bonchev–Trinajstić information content (AvgIpc) is 3.05. The molecule has 9 heteroatoms. The smallest absolute Gasteiger partial charge is 0.311 e. The summed E-state index contributed by atoms with van der Waals surface area (Å²) in [6.45, 7) is 4.79. The first-order valence-electron chi connectivity index (χ1n) is 9.88. The molecule has 8 nitrogen and oxygen atoms in total. The third kappa shape index (κ3) is 6.04. The van der Waals surface area contributed by atoms with Crippen LogP contribution in [0.25, 0.3) is 0 Å². The van der Waals surface area contributed by atoms with E-state index in [4.69, 9.17) is 14.2 Å². The molecule has 0 atom stereocenters. The van der Waals surface area contributed by atoms with Gasteiger partial charge in [0, 0.05) is 23.8 Å². The Kier molecular flexibility index (Phi) is 7.27. The van der Waals surface area contributed by atoms with Crippen molar-refractivity contribution in [1.29, 1.82) is 0 Å². The van der Waals surface area contributed by atoms with E-state index in [0.29, 0.717) is 24.7 Å². The van der Waals surface area contributed by atoms with E-state index in [0.717, 1.165) is 23.3 Å². The van der Waals surface area contributed by atoms with Crippen LogP contribution in [0.4, 0.5) is 5.69 Å². The third-order valence-corrected chi connectivity index (χ3v) is 5.68.